The van der Waals surface area contributed by atoms with Crippen molar-refractivity contribution in [3.8, 4) is 0 Å². The van der Waals surface area contributed by atoms with Crippen LogP contribution in [-0.4, -0.2) is 18.0 Å². The van der Waals surface area contributed by atoms with Crippen LogP contribution in [0.3, 0.4) is 0 Å². The number of benzene rings is 1. The topological polar surface area (TPSA) is 3.24 Å². The van der Waals surface area contributed by atoms with Crippen molar-refractivity contribution in [2.45, 2.75) is 19.3 Å². The molecule has 0 bridgehead atoms. The van der Waals surface area contributed by atoms with E-state index in [4.69, 9.17) is 7.05 Å². The maximum atomic E-state index is 5.72. The first kappa shape index (κ1) is 9.72. The molecule has 0 aliphatic carbocycles. The van der Waals surface area contributed by atoms with Gasteiger partial charge in [-0.25, -0.2) is 0 Å². The van der Waals surface area contributed by atoms with E-state index in [1.807, 2.05) is 4.90 Å². The molecule has 1 nitrogen and oxygen atoms in total. The lowest BCUT2D eigenvalue weighted by Crippen LogP contribution is -2.29. The fourth-order valence-electron chi connectivity index (χ4n) is 2.10. The molecule has 1 heteroatoms. The van der Waals surface area contributed by atoms with Crippen LogP contribution in [0.15, 0.2) is 30.3 Å². The molecule has 1 saturated heterocycles. The Bertz CT molecular complexity index is 260. The lowest BCUT2D eigenvalue weighted by atomic mass is 9.90. The number of rotatable bonds is 2. The van der Waals surface area contributed by atoms with E-state index in [1.54, 1.807) is 0 Å². The number of hydrogen-bond acceptors (Lipinski definition) is 1. The van der Waals surface area contributed by atoms with Crippen LogP contribution in [-0.2, 0) is 6.42 Å². The summed E-state index contributed by atoms with van der Waals surface area (Å²) in [4.78, 5) is 1.93. The number of nitrogens with zero attached hydrogens (tertiary/aromatic N) is 1. The molecule has 0 spiro atoms. The molecule has 0 atom stereocenters. The minimum absolute atomic E-state index is 0.831. The molecule has 0 unspecified atom stereocenters. The van der Waals surface area contributed by atoms with Gasteiger partial charge in [0.25, 0.3) is 0 Å². The molecule has 0 amide bonds. The highest BCUT2D eigenvalue weighted by atomic mass is 15.1. The maximum absolute atomic E-state index is 5.72. The van der Waals surface area contributed by atoms with E-state index >= 15 is 0 Å². The van der Waals surface area contributed by atoms with Crippen molar-refractivity contribution in [3.05, 3.63) is 42.9 Å². The van der Waals surface area contributed by atoms with E-state index in [9.17, 15) is 0 Å². The maximum Gasteiger partial charge on any atom is 0.0438 e. The molecule has 1 aliphatic rings. The molecule has 2 radical (unpaired) electrons. The minimum atomic E-state index is 0.831. The second-order valence-corrected chi connectivity index (χ2v) is 4.17. The minimum Gasteiger partial charge on any atom is -0.297 e. The molecule has 0 saturated carbocycles. The highest BCUT2D eigenvalue weighted by Gasteiger charge is 2.16. The van der Waals surface area contributed by atoms with Crippen LogP contribution in [0.25, 0.3) is 0 Å². The third-order valence-electron chi connectivity index (χ3n) is 3.02. The average molecular weight is 187 g/mol. The van der Waals surface area contributed by atoms with Crippen LogP contribution in [0, 0.1) is 13.0 Å². The Morgan fingerprint density at radius 2 is 1.79 bits per heavy atom. The molecule has 1 aromatic carbocycles. The van der Waals surface area contributed by atoms with Gasteiger partial charge < -0.3 is 0 Å². The zero-order valence-corrected chi connectivity index (χ0v) is 8.52. The molecule has 1 fully saturated rings. The molecular weight excluding hydrogens is 170 g/mol. The van der Waals surface area contributed by atoms with Crippen molar-refractivity contribution in [2.75, 3.05) is 13.1 Å². The monoisotopic (exact) mass is 187 g/mol. The van der Waals surface area contributed by atoms with Crippen molar-refractivity contribution in [1.29, 1.82) is 0 Å². The standard InChI is InChI=1S/C13H17N/c1-14-9-7-13(8-10-14)11-12-5-3-2-4-6-12/h1-6,13H,7-11H2. The molecule has 14 heavy (non-hydrogen) atoms. The first-order chi connectivity index (χ1) is 6.84. The SMILES string of the molecule is [CH]N1CCC(Cc2ccccc2)CC1. The van der Waals surface area contributed by atoms with E-state index in [1.165, 1.54) is 24.8 Å². The number of piperidine rings is 1. The lowest BCUT2D eigenvalue weighted by Gasteiger charge is -2.28. The molecule has 1 aliphatic heterocycles. The Labute approximate surface area is 86.7 Å². The highest BCUT2D eigenvalue weighted by Crippen LogP contribution is 2.20. The number of hydrogen-bond donors (Lipinski definition) is 0. The van der Waals surface area contributed by atoms with E-state index in [-0.39, 0.29) is 0 Å². The Hall–Kier alpha value is -0.820. The van der Waals surface area contributed by atoms with Crippen molar-refractivity contribution in [2.24, 2.45) is 5.92 Å². The summed E-state index contributed by atoms with van der Waals surface area (Å²) < 4.78 is 0. The lowest BCUT2D eigenvalue weighted by molar-refractivity contribution is 0.239. The van der Waals surface area contributed by atoms with Gasteiger partial charge in [-0.3, -0.25) is 4.90 Å². The third-order valence-corrected chi connectivity index (χ3v) is 3.02. The van der Waals surface area contributed by atoms with Crippen LogP contribution in [0.2, 0.25) is 0 Å². The van der Waals surface area contributed by atoms with Crippen LogP contribution in [0.1, 0.15) is 18.4 Å². The highest BCUT2D eigenvalue weighted by molar-refractivity contribution is 5.15. The molecule has 2 rings (SSSR count). The van der Waals surface area contributed by atoms with Gasteiger partial charge in [0, 0.05) is 7.05 Å². The van der Waals surface area contributed by atoms with Gasteiger partial charge >= 0.3 is 0 Å². The summed E-state index contributed by atoms with van der Waals surface area (Å²) in [6, 6.07) is 10.7. The zero-order valence-electron chi connectivity index (χ0n) is 8.52. The van der Waals surface area contributed by atoms with Gasteiger partial charge in [-0.1, -0.05) is 30.3 Å². The quantitative estimate of drug-likeness (QED) is 0.688. The van der Waals surface area contributed by atoms with Crippen LogP contribution in [0.4, 0.5) is 0 Å². The second kappa shape index (κ2) is 4.61. The molecular formula is C13H17N. The first-order valence-corrected chi connectivity index (χ1v) is 5.38. The third kappa shape index (κ3) is 2.58. The molecule has 1 heterocycles. The summed E-state index contributed by atoms with van der Waals surface area (Å²) in [5.74, 6) is 0.831. The Balaban J connectivity index is 1.87. The molecule has 0 aromatic heterocycles. The van der Waals surface area contributed by atoms with E-state index in [0.29, 0.717) is 0 Å². The van der Waals surface area contributed by atoms with Crippen molar-refractivity contribution < 1.29 is 0 Å². The number of likely N-dealkylation sites (tertiary alicyclic amines) is 1. The van der Waals surface area contributed by atoms with Crippen molar-refractivity contribution >= 4 is 0 Å². The van der Waals surface area contributed by atoms with Gasteiger partial charge in [0.2, 0.25) is 0 Å². The zero-order chi connectivity index (χ0) is 9.80. The Morgan fingerprint density at radius 3 is 2.43 bits per heavy atom. The van der Waals surface area contributed by atoms with Gasteiger partial charge in [-0.05, 0) is 43.8 Å². The predicted octanol–water partition coefficient (Wildman–Crippen LogP) is 2.61. The van der Waals surface area contributed by atoms with Crippen molar-refractivity contribution in [1.82, 2.24) is 4.90 Å². The van der Waals surface area contributed by atoms with Crippen LogP contribution in [0.5, 0.6) is 0 Å². The van der Waals surface area contributed by atoms with Gasteiger partial charge in [0.05, 0.1) is 0 Å². The fraction of sp³-hybridized carbons (Fsp3) is 0.462. The molecule has 1 aromatic rings. The summed E-state index contributed by atoms with van der Waals surface area (Å²) >= 11 is 0. The second-order valence-electron chi connectivity index (χ2n) is 4.17. The normalized spacial score (nSPS) is 19.8. The fourth-order valence-corrected chi connectivity index (χ4v) is 2.10. The van der Waals surface area contributed by atoms with Crippen LogP contribution >= 0.6 is 0 Å². The molecule has 74 valence electrons. The summed E-state index contributed by atoms with van der Waals surface area (Å²) in [7, 11) is 5.72. The summed E-state index contributed by atoms with van der Waals surface area (Å²) in [5.41, 5.74) is 1.46. The largest absolute Gasteiger partial charge is 0.297 e. The van der Waals surface area contributed by atoms with Crippen LogP contribution < -0.4 is 0 Å². The van der Waals surface area contributed by atoms with Gasteiger partial charge in [0.1, 0.15) is 0 Å². The van der Waals surface area contributed by atoms with Crippen molar-refractivity contribution in [3.63, 3.8) is 0 Å². The summed E-state index contributed by atoms with van der Waals surface area (Å²) in [5, 5.41) is 0. The Morgan fingerprint density at radius 1 is 1.14 bits per heavy atom. The van der Waals surface area contributed by atoms with E-state index in [0.717, 1.165) is 19.0 Å². The predicted molar refractivity (Wildman–Crippen MR) is 58.7 cm³/mol. The first-order valence-electron chi connectivity index (χ1n) is 5.38. The van der Waals surface area contributed by atoms with Gasteiger partial charge in [-0.2, -0.15) is 0 Å². The van der Waals surface area contributed by atoms with Gasteiger partial charge in [-0.15, -0.1) is 0 Å². The summed E-state index contributed by atoms with van der Waals surface area (Å²) in [6.45, 7) is 2.11. The van der Waals surface area contributed by atoms with Gasteiger partial charge in [0.15, 0.2) is 0 Å². The Kier molecular flexibility index (Phi) is 3.20. The smallest absolute Gasteiger partial charge is 0.0438 e. The van der Waals surface area contributed by atoms with E-state index in [2.05, 4.69) is 30.3 Å². The van der Waals surface area contributed by atoms with E-state index < -0.39 is 0 Å². The molecule has 0 N–H and O–H groups in total. The average Bonchev–Trinajstić information content (AvgIpc) is 2.23. The summed E-state index contributed by atoms with van der Waals surface area (Å²) in [6.07, 6.45) is 3.70.